The summed E-state index contributed by atoms with van der Waals surface area (Å²) in [6, 6.07) is 9.54. The topological polar surface area (TPSA) is 72.3 Å². The molecule has 1 N–H and O–H groups in total. The van der Waals surface area contributed by atoms with E-state index in [1.54, 1.807) is 16.9 Å². The summed E-state index contributed by atoms with van der Waals surface area (Å²) in [7, 11) is 1.82. The molecule has 0 aliphatic carbocycles. The van der Waals surface area contributed by atoms with Gasteiger partial charge in [-0.25, -0.2) is 4.98 Å². The van der Waals surface area contributed by atoms with Crippen LogP contribution in [0.5, 0.6) is 5.88 Å². The van der Waals surface area contributed by atoms with E-state index < -0.39 is 11.7 Å². The van der Waals surface area contributed by atoms with E-state index >= 15 is 0 Å². The highest BCUT2D eigenvalue weighted by Crippen LogP contribution is 2.37. The third-order valence-electron chi connectivity index (χ3n) is 7.07. The van der Waals surface area contributed by atoms with E-state index in [-0.39, 0.29) is 12.3 Å². The number of alkyl halides is 3. The molecule has 2 fully saturated rings. The van der Waals surface area contributed by atoms with Crippen molar-refractivity contribution in [2.75, 3.05) is 18.5 Å². The Morgan fingerprint density at radius 2 is 1.81 bits per heavy atom. The molecule has 0 radical (unpaired) electrons. The van der Waals surface area contributed by atoms with E-state index in [4.69, 9.17) is 4.74 Å². The Morgan fingerprint density at radius 1 is 1.11 bits per heavy atom. The fourth-order valence-electron chi connectivity index (χ4n) is 5.29. The first-order valence-corrected chi connectivity index (χ1v) is 12.1. The van der Waals surface area contributed by atoms with Crippen LogP contribution in [-0.2, 0) is 24.4 Å². The number of pyridine rings is 1. The number of benzene rings is 1. The summed E-state index contributed by atoms with van der Waals surface area (Å²) in [6.07, 6.45) is 3.81. The van der Waals surface area contributed by atoms with Crippen molar-refractivity contribution < 1.29 is 22.7 Å². The Balaban J connectivity index is 1.26. The molecule has 2 aliphatic heterocycles. The highest BCUT2D eigenvalue weighted by molar-refractivity contribution is 5.93. The molecule has 0 unspecified atom stereocenters. The van der Waals surface area contributed by atoms with Crippen LogP contribution < -0.4 is 10.1 Å². The lowest BCUT2D eigenvalue weighted by molar-refractivity contribution is -0.137. The van der Waals surface area contributed by atoms with E-state index in [9.17, 15) is 18.0 Å². The zero-order valence-corrected chi connectivity index (χ0v) is 20.0. The Hall–Kier alpha value is -3.40. The summed E-state index contributed by atoms with van der Waals surface area (Å²) in [4.78, 5) is 19.6. The SMILES string of the molecule is Cn1nccc1-c1cc(NC(=O)Cc2ccc(C(F)(F)F)cc2)cnc1OCCN1C2CCC1CC2. The third kappa shape index (κ3) is 5.23. The summed E-state index contributed by atoms with van der Waals surface area (Å²) in [5.74, 6) is 0.108. The average molecular weight is 500 g/mol. The quantitative estimate of drug-likeness (QED) is 0.487. The lowest BCUT2D eigenvalue weighted by Gasteiger charge is -2.21. The fraction of sp³-hybridized carbons (Fsp3) is 0.423. The summed E-state index contributed by atoms with van der Waals surface area (Å²) in [6.45, 7) is 1.37. The van der Waals surface area contributed by atoms with Crippen molar-refractivity contribution in [3.8, 4) is 17.1 Å². The number of hydrogen-bond acceptors (Lipinski definition) is 5. The smallest absolute Gasteiger partial charge is 0.416 e. The number of nitrogens with one attached hydrogen (secondary N) is 1. The number of amides is 1. The first-order chi connectivity index (χ1) is 17.3. The Bertz CT molecular complexity index is 1210. The molecule has 3 aromatic rings. The first-order valence-electron chi connectivity index (χ1n) is 12.1. The standard InChI is InChI=1S/C26H28F3N5O2/c1-33-23(10-11-31-33)22-15-19(32-24(35)14-17-2-4-18(5-3-17)26(27,28)29)16-30-25(22)36-13-12-34-20-6-7-21(34)9-8-20/h2-5,10-11,15-16,20-21H,6-9,12-14H2,1H3,(H,32,35). The van der Waals surface area contributed by atoms with Crippen molar-refractivity contribution in [2.24, 2.45) is 7.05 Å². The molecular formula is C26H28F3N5O2. The normalized spacial score (nSPS) is 19.6. The maximum atomic E-state index is 12.8. The molecule has 7 nitrogen and oxygen atoms in total. The van der Waals surface area contributed by atoms with Gasteiger partial charge in [-0.1, -0.05) is 12.1 Å². The molecule has 2 bridgehead atoms. The molecule has 190 valence electrons. The van der Waals surface area contributed by atoms with Crippen molar-refractivity contribution in [3.05, 3.63) is 59.9 Å². The van der Waals surface area contributed by atoms with Gasteiger partial charge < -0.3 is 10.1 Å². The fourth-order valence-corrected chi connectivity index (χ4v) is 5.29. The number of rotatable bonds is 8. The number of carbonyl (C=O) groups excluding carboxylic acids is 1. The monoisotopic (exact) mass is 499 g/mol. The van der Waals surface area contributed by atoms with Crippen molar-refractivity contribution in [3.63, 3.8) is 0 Å². The van der Waals surface area contributed by atoms with E-state index in [0.717, 1.165) is 24.4 Å². The van der Waals surface area contributed by atoms with Gasteiger partial charge in [0.25, 0.3) is 0 Å². The minimum atomic E-state index is -4.41. The maximum absolute atomic E-state index is 12.8. The number of ether oxygens (including phenoxy) is 1. The minimum absolute atomic E-state index is 0.0599. The van der Waals surface area contributed by atoms with Crippen LogP contribution in [0, 0.1) is 0 Å². The average Bonchev–Trinajstić information content (AvgIpc) is 3.55. The molecule has 2 aromatic heterocycles. The van der Waals surface area contributed by atoms with E-state index in [1.165, 1.54) is 44.0 Å². The van der Waals surface area contributed by atoms with Gasteiger partial charge in [-0.2, -0.15) is 18.3 Å². The van der Waals surface area contributed by atoms with Crippen molar-refractivity contribution in [1.29, 1.82) is 0 Å². The number of carbonyl (C=O) groups is 1. The predicted molar refractivity (Wildman–Crippen MR) is 128 cm³/mol. The van der Waals surface area contributed by atoms with Gasteiger partial charge in [-0.05, 0) is 55.5 Å². The second kappa shape index (κ2) is 9.93. The van der Waals surface area contributed by atoms with Crippen LogP contribution in [0.4, 0.5) is 18.9 Å². The van der Waals surface area contributed by atoms with Crippen LogP contribution in [0.3, 0.4) is 0 Å². The van der Waals surface area contributed by atoms with Crippen molar-refractivity contribution in [2.45, 2.75) is 50.4 Å². The van der Waals surface area contributed by atoms with Gasteiger partial charge in [-0.15, -0.1) is 0 Å². The number of anilines is 1. The molecule has 1 aromatic carbocycles. The number of hydrogen-bond donors (Lipinski definition) is 1. The van der Waals surface area contributed by atoms with Gasteiger partial charge in [0.15, 0.2) is 0 Å². The van der Waals surface area contributed by atoms with Crippen LogP contribution in [0.15, 0.2) is 48.8 Å². The van der Waals surface area contributed by atoms with Crippen molar-refractivity contribution >= 4 is 11.6 Å². The van der Waals surface area contributed by atoms with Gasteiger partial charge in [0.05, 0.1) is 35.1 Å². The second-order valence-corrected chi connectivity index (χ2v) is 9.39. The zero-order valence-electron chi connectivity index (χ0n) is 20.0. The summed E-state index contributed by atoms with van der Waals surface area (Å²) in [5, 5.41) is 7.02. The van der Waals surface area contributed by atoms with Crippen LogP contribution in [0.1, 0.15) is 36.8 Å². The van der Waals surface area contributed by atoms with E-state index in [0.29, 0.717) is 41.4 Å². The molecule has 2 saturated heterocycles. The summed E-state index contributed by atoms with van der Waals surface area (Å²) >= 11 is 0. The molecule has 2 aliphatic rings. The number of halogens is 3. The second-order valence-electron chi connectivity index (χ2n) is 9.39. The zero-order chi connectivity index (χ0) is 25.3. The molecule has 4 heterocycles. The molecule has 5 rings (SSSR count). The van der Waals surface area contributed by atoms with Gasteiger partial charge in [0.2, 0.25) is 11.8 Å². The lowest BCUT2D eigenvalue weighted by Crippen LogP contribution is -2.32. The molecule has 10 heteroatoms. The Morgan fingerprint density at radius 3 is 2.42 bits per heavy atom. The molecule has 0 atom stereocenters. The Labute approximate surface area is 207 Å². The summed E-state index contributed by atoms with van der Waals surface area (Å²) in [5.41, 5.74) is 1.69. The number of fused-ring (bicyclic) bond motifs is 2. The number of aryl methyl sites for hydroxylation is 1. The molecule has 0 spiro atoms. The maximum Gasteiger partial charge on any atom is 0.416 e. The third-order valence-corrected chi connectivity index (χ3v) is 7.07. The predicted octanol–water partition coefficient (Wildman–Crippen LogP) is 4.69. The highest BCUT2D eigenvalue weighted by atomic mass is 19.4. The van der Waals surface area contributed by atoms with Gasteiger partial charge in [0, 0.05) is 31.9 Å². The molecule has 36 heavy (non-hydrogen) atoms. The van der Waals surface area contributed by atoms with Crippen LogP contribution in [-0.4, -0.2) is 50.8 Å². The van der Waals surface area contributed by atoms with Gasteiger partial charge in [-0.3, -0.25) is 14.4 Å². The number of aromatic nitrogens is 3. The highest BCUT2D eigenvalue weighted by Gasteiger charge is 2.38. The van der Waals surface area contributed by atoms with Crippen LogP contribution in [0.2, 0.25) is 0 Å². The van der Waals surface area contributed by atoms with Crippen LogP contribution >= 0.6 is 0 Å². The van der Waals surface area contributed by atoms with Crippen LogP contribution in [0.25, 0.3) is 11.3 Å². The summed E-state index contributed by atoms with van der Waals surface area (Å²) < 4.78 is 46.1. The lowest BCUT2D eigenvalue weighted by atomic mass is 10.0. The molecule has 0 saturated carbocycles. The molecular weight excluding hydrogens is 471 g/mol. The minimum Gasteiger partial charge on any atom is -0.476 e. The van der Waals surface area contributed by atoms with Gasteiger partial charge >= 0.3 is 6.18 Å². The van der Waals surface area contributed by atoms with E-state index in [1.807, 2.05) is 13.1 Å². The largest absolute Gasteiger partial charge is 0.476 e. The van der Waals surface area contributed by atoms with E-state index in [2.05, 4.69) is 20.3 Å². The Kier molecular flexibility index (Phi) is 6.70. The van der Waals surface area contributed by atoms with Gasteiger partial charge in [0.1, 0.15) is 6.61 Å². The number of nitrogens with zero attached hydrogens (tertiary/aromatic N) is 4. The first kappa shape index (κ1) is 24.3. The molecule has 1 amide bonds. The van der Waals surface area contributed by atoms with Crippen molar-refractivity contribution in [1.82, 2.24) is 19.7 Å².